The maximum absolute atomic E-state index is 5.67. The molecule has 0 radical (unpaired) electrons. The third-order valence-corrected chi connectivity index (χ3v) is 5.30. The largest absolute Gasteiger partial charge is 0.381 e. The number of nitrogens with one attached hydrogen (secondary N) is 1. The molecule has 1 N–H and O–H groups in total. The van der Waals surface area contributed by atoms with Crippen molar-refractivity contribution in [1.29, 1.82) is 0 Å². The molecule has 1 saturated carbocycles. The highest BCUT2D eigenvalue weighted by Crippen LogP contribution is 2.38. The molecule has 2 fully saturated rings. The van der Waals surface area contributed by atoms with Crippen LogP contribution in [0.4, 0.5) is 0 Å². The molecule has 0 aromatic rings. The Morgan fingerprint density at radius 3 is 2.37 bits per heavy atom. The van der Waals surface area contributed by atoms with E-state index in [0.717, 1.165) is 19.8 Å². The number of ether oxygens (including phenoxy) is 1. The maximum Gasteiger partial charge on any atom is 0.0510 e. The van der Waals surface area contributed by atoms with Crippen LogP contribution < -0.4 is 5.32 Å². The minimum atomic E-state index is 0.338. The first-order valence-corrected chi connectivity index (χ1v) is 8.19. The van der Waals surface area contributed by atoms with Gasteiger partial charge < -0.3 is 15.0 Å². The van der Waals surface area contributed by atoms with Crippen LogP contribution in [0.15, 0.2) is 0 Å². The molecule has 0 amide bonds. The number of hydrogen-bond acceptors (Lipinski definition) is 3. The minimum absolute atomic E-state index is 0.338. The van der Waals surface area contributed by atoms with E-state index in [-0.39, 0.29) is 0 Å². The normalized spacial score (nSPS) is 29.4. The van der Waals surface area contributed by atoms with Gasteiger partial charge in [-0.1, -0.05) is 32.6 Å². The van der Waals surface area contributed by atoms with Crippen LogP contribution in [-0.2, 0) is 4.74 Å². The van der Waals surface area contributed by atoms with E-state index in [0.29, 0.717) is 17.5 Å². The molecule has 3 nitrogen and oxygen atoms in total. The van der Waals surface area contributed by atoms with Crippen molar-refractivity contribution in [3.63, 3.8) is 0 Å². The van der Waals surface area contributed by atoms with Crippen molar-refractivity contribution in [3.8, 4) is 0 Å². The Balaban J connectivity index is 2.20. The molecule has 2 unspecified atom stereocenters. The Kier molecular flexibility index (Phi) is 5.67. The van der Waals surface area contributed by atoms with Crippen LogP contribution in [0.2, 0.25) is 0 Å². The van der Waals surface area contributed by atoms with Crippen LogP contribution in [0.25, 0.3) is 0 Å². The summed E-state index contributed by atoms with van der Waals surface area (Å²) in [6, 6.07) is 0.591. The van der Waals surface area contributed by atoms with Gasteiger partial charge in [0.05, 0.1) is 6.61 Å². The molecule has 2 aliphatic rings. The van der Waals surface area contributed by atoms with E-state index in [4.69, 9.17) is 4.74 Å². The van der Waals surface area contributed by atoms with E-state index in [9.17, 15) is 0 Å². The highest BCUT2D eigenvalue weighted by Gasteiger charge is 2.44. The summed E-state index contributed by atoms with van der Waals surface area (Å²) in [6.07, 6.45) is 9.50. The lowest BCUT2D eigenvalue weighted by atomic mass is 9.75. The molecule has 1 aliphatic carbocycles. The van der Waals surface area contributed by atoms with Crippen LogP contribution >= 0.6 is 0 Å². The number of likely N-dealkylation sites (N-methyl/N-ethyl adjacent to an activating group) is 2. The zero-order valence-electron chi connectivity index (χ0n) is 13.1. The molecule has 0 spiro atoms. The third-order valence-electron chi connectivity index (χ3n) is 5.30. The molecule has 0 bridgehead atoms. The van der Waals surface area contributed by atoms with Crippen molar-refractivity contribution in [2.24, 2.45) is 5.92 Å². The lowest BCUT2D eigenvalue weighted by Gasteiger charge is -2.48. The van der Waals surface area contributed by atoms with Gasteiger partial charge in [-0.25, -0.2) is 0 Å². The summed E-state index contributed by atoms with van der Waals surface area (Å²) >= 11 is 0. The summed E-state index contributed by atoms with van der Waals surface area (Å²) in [5, 5.41) is 3.82. The molecule has 0 aromatic heterocycles. The summed E-state index contributed by atoms with van der Waals surface area (Å²) in [4.78, 5) is 2.52. The second-order valence-electron chi connectivity index (χ2n) is 6.57. The van der Waals surface area contributed by atoms with Gasteiger partial charge in [-0.15, -0.1) is 0 Å². The van der Waals surface area contributed by atoms with Crippen LogP contribution in [0.3, 0.4) is 0 Å². The van der Waals surface area contributed by atoms with Crippen molar-refractivity contribution >= 4 is 0 Å². The lowest BCUT2D eigenvalue weighted by Crippen LogP contribution is -2.62. The van der Waals surface area contributed by atoms with E-state index in [1.165, 1.54) is 44.9 Å². The van der Waals surface area contributed by atoms with Crippen LogP contribution in [0.1, 0.15) is 51.9 Å². The van der Waals surface area contributed by atoms with Crippen molar-refractivity contribution in [2.45, 2.75) is 63.5 Å². The molecule has 2 atom stereocenters. The molecule has 1 aliphatic heterocycles. The SMILES string of the molecule is CCNC(C1CCOC1)C1(N(C)C)CCCCCC1. The number of hydrogen-bond donors (Lipinski definition) is 1. The Bertz CT molecular complexity index is 253. The van der Waals surface area contributed by atoms with Crippen LogP contribution in [-0.4, -0.2) is 50.3 Å². The Labute approximate surface area is 119 Å². The van der Waals surface area contributed by atoms with Gasteiger partial charge in [-0.3, -0.25) is 0 Å². The third kappa shape index (κ3) is 3.32. The zero-order chi connectivity index (χ0) is 13.7. The summed E-state index contributed by atoms with van der Waals surface area (Å²) in [7, 11) is 4.57. The Morgan fingerprint density at radius 1 is 1.21 bits per heavy atom. The average Bonchev–Trinajstić information content (AvgIpc) is 2.80. The van der Waals surface area contributed by atoms with Crippen molar-refractivity contribution < 1.29 is 4.74 Å². The molecule has 3 heteroatoms. The molecular formula is C16H32N2O. The van der Waals surface area contributed by atoms with Gasteiger partial charge in [0.2, 0.25) is 0 Å². The van der Waals surface area contributed by atoms with Gasteiger partial charge in [-0.2, -0.15) is 0 Å². The monoisotopic (exact) mass is 268 g/mol. The van der Waals surface area contributed by atoms with Crippen molar-refractivity contribution in [3.05, 3.63) is 0 Å². The lowest BCUT2D eigenvalue weighted by molar-refractivity contribution is 0.0484. The van der Waals surface area contributed by atoms with Gasteiger partial charge >= 0.3 is 0 Å². The van der Waals surface area contributed by atoms with E-state index in [1.807, 2.05) is 0 Å². The molecule has 112 valence electrons. The van der Waals surface area contributed by atoms with Gasteiger partial charge in [-0.05, 0) is 39.9 Å². The predicted molar refractivity (Wildman–Crippen MR) is 80.5 cm³/mol. The second-order valence-corrected chi connectivity index (χ2v) is 6.57. The predicted octanol–water partition coefficient (Wildman–Crippen LogP) is 2.66. The van der Waals surface area contributed by atoms with Gasteiger partial charge in [0.1, 0.15) is 0 Å². The first-order chi connectivity index (χ1) is 9.20. The Morgan fingerprint density at radius 2 is 1.89 bits per heavy atom. The fraction of sp³-hybridized carbons (Fsp3) is 1.00. The van der Waals surface area contributed by atoms with Crippen molar-refractivity contribution in [1.82, 2.24) is 10.2 Å². The van der Waals surface area contributed by atoms with E-state index in [2.05, 4.69) is 31.2 Å². The Hall–Kier alpha value is -0.120. The first-order valence-electron chi connectivity index (χ1n) is 8.19. The molecule has 1 saturated heterocycles. The average molecular weight is 268 g/mol. The number of rotatable bonds is 5. The zero-order valence-corrected chi connectivity index (χ0v) is 13.1. The molecule has 0 aromatic carbocycles. The van der Waals surface area contributed by atoms with Crippen LogP contribution in [0, 0.1) is 5.92 Å². The van der Waals surface area contributed by atoms with Gasteiger partial charge in [0, 0.05) is 24.1 Å². The van der Waals surface area contributed by atoms with Crippen LogP contribution in [0.5, 0.6) is 0 Å². The quantitative estimate of drug-likeness (QED) is 0.776. The number of nitrogens with zero attached hydrogens (tertiary/aromatic N) is 1. The summed E-state index contributed by atoms with van der Waals surface area (Å²) in [5.74, 6) is 0.695. The van der Waals surface area contributed by atoms with E-state index in [1.54, 1.807) is 0 Å². The highest BCUT2D eigenvalue weighted by molar-refractivity contribution is 5.03. The van der Waals surface area contributed by atoms with Gasteiger partial charge in [0.25, 0.3) is 0 Å². The topological polar surface area (TPSA) is 24.5 Å². The van der Waals surface area contributed by atoms with E-state index >= 15 is 0 Å². The standard InChI is InChI=1S/C16H32N2O/c1-4-17-15(14-9-12-19-13-14)16(18(2)3)10-7-5-6-8-11-16/h14-15,17H,4-13H2,1-3H3. The highest BCUT2D eigenvalue weighted by atomic mass is 16.5. The van der Waals surface area contributed by atoms with Gasteiger partial charge in [0.15, 0.2) is 0 Å². The minimum Gasteiger partial charge on any atom is -0.381 e. The molecule has 19 heavy (non-hydrogen) atoms. The van der Waals surface area contributed by atoms with E-state index < -0.39 is 0 Å². The fourth-order valence-electron chi connectivity index (χ4n) is 4.21. The first kappa shape index (κ1) is 15.3. The molecule has 2 rings (SSSR count). The smallest absolute Gasteiger partial charge is 0.0510 e. The summed E-state index contributed by atoms with van der Waals surface area (Å²) < 4.78 is 5.67. The van der Waals surface area contributed by atoms with Crippen molar-refractivity contribution in [2.75, 3.05) is 33.9 Å². The maximum atomic E-state index is 5.67. The molecule has 1 heterocycles. The fourth-order valence-corrected chi connectivity index (χ4v) is 4.21. The second kappa shape index (κ2) is 7.05. The molecular weight excluding hydrogens is 236 g/mol. The summed E-state index contributed by atoms with van der Waals surface area (Å²) in [6.45, 7) is 5.21. The summed E-state index contributed by atoms with van der Waals surface area (Å²) in [5.41, 5.74) is 0.338.